The van der Waals surface area contributed by atoms with Crippen molar-refractivity contribution in [1.29, 1.82) is 0 Å². The molecule has 0 unspecified atom stereocenters. The van der Waals surface area contributed by atoms with E-state index in [0.29, 0.717) is 17.9 Å². The van der Waals surface area contributed by atoms with Gasteiger partial charge in [0.25, 0.3) is 5.91 Å². The molecule has 43 heavy (non-hydrogen) atoms. The Balaban J connectivity index is 1.48. The first-order chi connectivity index (χ1) is 20.8. The van der Waals surface area contributed by atoms with Gasteiger partial charge in [0.15, 0.2) is 0 Å². The molecule has 3 aromatic rings. The summed E-state index contributed by atoms with van der Waals surface area (Å²) < 4.78 is 11.6. The molecule has 3 N–H and O–H groups in total. The summed E-state index contributed by atoms with van der Waals surface area (Å²) >= 11 is 0. The average Bonchev–Trinajstić information content (AvgIpc) is 3.01. The molecule has 0 saturated carbocycles. The van der Waals surface area contributed by atoms with Crippen molar-refractivity contribution in [1.82, 2.24) is 20.9 Å². The summed E-state index contributed by atoms with van der Waals surface area (Å²) in [4.78, 5) is 54.5. The number of nitrogens with one attached hydrogen (secondary N) is 3. The van der Waals surface area contributed by atoms with Crippen LogP contribution in [0.15, 0.2) is 78.9 Å². The fourth-order valence-electron chi connectivity index (χ4n) is 4.65. The summed E-state index contributed by atoms with van der Waals surface area (Å²) in [6, 6.07) is 21.9. The van der Waals surface area contributed by atoms with Crippen LogP contribution < -0.4 is 25.4 Å². The summed E-state index contributed by atoms with van der Waals surface area (Å²) in [7, 11) is 1.65. The van der Waals surface area contributed by atoms with Crippen LogP contribution in [0.3, 0.4) is 0 Å². The molecule has 0 bridgehead atoms. The highest BCUT2D eigenvalue weighted by atomic mass is 16.5. The maximum atomic E-state index is 13.4. The topological polar surface area (TPSA) is 126 Å². The predicted octanol–water partition coefficient (Wildman–Crippen LogP) is 2.65. The number of rotatable bonds is 7. The largest absolute Gasteiger partial charge is 0.492 e. The van der Waals surface area contributed by atoms with E-state index in [1.807, 2.05) is 61.5 Å². The van der Waals surface area contributed by atoms with E-state index in [9.17, 15) is 19.2 Å². The van der Waals surface area contributed by atoms with Crippen molar-refractivity contribution >= 4 is 23.6 Å². The van der Waals surface area contributed by atoms with E-state index < -0.39 is 29.8 Å². The molecule has 4 rings (SSSR count). The Hall–Kier alpha value is -4.86. The lowest BCUT2D eigenvalue weighted by molar-refractivity contribution is -0.135. The third-order valence-corrected chi connectivity index (χ3v) is 7.08. The minimum atomic E-state index is -1.01. The fraction of sp³-hybridized carbons (Fsp3) is 0.333. The SMILES string of the molecule is Cc1ccc(OCCNC(=O)[C@@H]2CCC(=O)N[C@@H](Cc3ccccc3)C(=O)N(C)CCOc3ccccc3C(=O)N2)cc1. The van der Waals surface area contributed by atoms with Crippen molar-refractivity contribution in [2.75, 3.05) is 33.4 Å². The van der Waals surface area contributed by atoms with Gasteiger partial charge in [-0.1, -0.05) is 60.2 Å². The molecule has 4 amide bonds. The molecule has 10 heteroatoms. The molecule has 2 atom stereocenters. The van der Waals surface area contributed by atoms with Gasteiger partial charge in [-0.15, -0.1) is 0 Å². The lowest BCUT2D eigenvalue weighted by atomic mass is 10.0. The van der Waals surface area contributed by atoms with E-state index in [4.69, 9.17) is 9.47 Å². The third kappa shape index (κ3) is 9.32. The molecule has 0 radical (unpaired) electrons. The van der Waals surface area contributed by atoms with Crippen molar-refractivity contribution in [2.24, 2.45) is 0 Å². The van der Waals surface area contributed by atoms with Crippen molar-refractivity contribution in [2.45, 2.75) is 38.3 Å². The molecule has 1 heterocycles. The standard InChI is InChI=1S/C33H38N4O6/c1-23-12-14-25(15-13-23)42-20-18-34-32(40)27-16-17-30(38)35-28(22-24-8-4-3-5-9-24)33(41)37(2)19-21-43-29-11-7-6-10-26(29)31(39)36-27/h3-15,27-28H,16-22H2,1-2H3,(H,34,40)(H,35,38)(H,36,39)/t27-,28-/m0/s1. The van der Waals surface area contributed by atoms with E-state index in [0.717, 1.165) is 11.1 Å². The van der Waals surface area contributed by atoms with Crippen molar-refractivity contribution < 1.29 is 28.7 Å². The lowest BCUT2D eigenvalue weighted by Gasteiger charge is -2.25. The van der Waals surface area contributed by atoms with Crippen LogP contribution in [0.4, 0.5) is 0 Å². The first-order valence-electron chi connectivity index (χ1n) is 14.4. The number of hydrogen-bond acceptors (Lipinski definition) is 6. The Morgan fingerprint density at radius 1 is 0.977 bits per heavy atom. The summed E-state index contributed by atoms with van der Waals surface area (Å²) in [5, 5.41) is 8.40. The van der Waals surface area contributed by atoms with Gasteiger partial charge in [0.05, 0.1) is 18.7 Å². The van der Waals surface area contributed by atoms with Crippen LogP contribution in [-0.4, -0.2) is 74.0 Å². The second kappa shape index (κ2) is 15.4. The smallest absolute Gasteiger partial charge is 0.255 e. The Bertz CT molecular complexity index is 1400. The number of aryl methyl sites for hydroxylation is 1. The van der Waals surface area contributed by atoms with Gasteiger partial charge >= 0.3 is 0 Å². The van der Waals surface area contributed by atoms with E-state index in [-0.39, 0.29) is 50.6 Å². The van der Waals surface area contributed by atoms with Crippen LogP contribution in [0.2, 0.25) is 0 Å². The molecule has 0 aromatic heterocycles. The number of para-hydroxylation sites is 1. The number of nitrogens with zero attached hydrogens (tertiary/aromatic N) is 1. The van der Waals surface area contributed by atoms with E-state index >= 15 is 0 Å². The summed E-state index contributed by atoms with van der Waals surface area (Å²) in [6.45, 7) is 2.78. The second-order valence-electron chi connectivity index (χ2n) is 10.4. The minimum absolute atomic E-state index is 0.0212. The third-order valence-electron chi connectivity index (χ3n) is 7.08. The Morgan fingerprint density at radius 2 is 1.70 bits per heavy atom. The summed E-state index contributed by atoms with van der Waals surface area (Å²) in [5.41, 5.74) is 2.26. The maximum Gasteiger partial charge on any atom is 0.255 e. The molecule has 1 aliphatic heterocycles. The number of hydrogen-bond donors (Lipinski definition) is 3. The number of amides is 4. The highest BCUT2D eigenvalue weighted by Gasteiger charge is 2.28. The molecular weight excluding hydrogens is 548 g/mol. The quantitative estimate of drug-likeness (QED) is 0.366. The van der Waals surface area contributed by atoms with Crippen LogP contribution >= 0.6 is 0 Å². The number of likely N-dealkylation sites (N-methyl/N-ethyl adjacent to an activating group) is 1. The van der Waals surface area contributed by atoms with E-state index in [1.165, 1.54) is 4.90 Å². The Labute approximate surface area is 251 Å². The van der Waals surface area contributed by atoms with Gasteiger partial charge in [-0.2, -0.15) is 0 Å². The van der Waals surface area contributed by atoms with Gasteiger partial charge < -0.3 is 30.3 Å². The monoisotopic (exact) mass is 586 g/mol. The normalized spacial score (nSPS) is 18.2. The van der Waals surface area contributed by atoms with Gasteiger partial charge in [-0.25, -0.2) is 0 Å². The zero-order valence-corrected chi connectivity index (χ0v) is 24.5. The average molecular weight is 587 g/mol. The first-order valence-corrected chi connectivity index (χ1v) is 14.4. The van der Waals surface area contributed by atoms with Crippen LogP contribution in [-0.2, 0) is 20.8 Å². The molecule has 3 aromatic carbocycles. The highest BCUT2D eigenvalue weighted by Crippen LogP contribution is 2.19. The molecule has 10 nitrogen and oxygen atoms in total. The van der Waals surface area contributed by atoms with Crippen molar-refractivity contribution in [3.05, 3.63) is 95.6 Å². The second-order valence-corrected chi connectivity index (χ2v) is 10.4. The molecule has 226 valence electrons. The first kappa shape index (κ1) is 31.1. The van der Waals surface area contributed by atoms with E-state index in [2.05, 4.69) is 16.0 Å². The van der Waals surface area contributed by atoms with Crippen molar-refractivity contribution in [3.63, 3.8) is 0 Å². The highest BCUT2D eigenvalue weighted by molar-refractivity contribution is 5.99. The zero-order valence-electron chi connectivity index (χ0n) is 24.5. The number of benzene rings is 3. The van der Waals surface area contributed by atoms with E-state index in [1.54, 1.807) is 31.3 Å². The fourth-order valence-corrected chi connectivity index (χ4v) is 4.65. The minimum Gasteiger partial charge on any atom is -0.492 e. The number of ether oxygens (including phenoxy) is 2. The number of carbonyl (C=O) groups excluding carboxylic acids is 4. The molecule has 1 aliphatic rings. The Kier molecular flexibility index (Phi) is 11.1. The summed E-state index contributed by atoms with van der Waals surface area (Å²) in [5.74, 6) is -0.608. The van der Waals surface area contributed by atoms with Crippen LogP contribution in [0.5, 0.6) is 11.5 Å². The zero-order chi connectivity index (χ0) is 30.6. The molecular formula is C33H38N4O6. The number of carbonyl (C=O) groups is 4. The van der Waals surface area contributed by atoms with Gasteiger partial charge in [0.2, 0.25) is 17.7 Å². The van der Waals surface area contributed by atoms with Gasteiger partial charge in [0, 0.05) is 19.9 Å². The maximum absolute atomic E-state index is 13.4. The molecule has 0 aliphatic carbocycles. The van der Waals surface area contributed by atoms with Gasteiger partial charge in [-0.3, -0.25) is 19.2 Å². The van der Waals surface area contributed by atoms with Crippen LogP contribution in [0.1, 0.15) is 34.3 Å². The molecule has 0 saturated heterocycles. The van der Waals surface area contributed by atoms with Crippen LogP contribution in [0, 0.1) is 6.92 Å². The van der Waals surface area contributed by atoms with Crippen LogP contribution in [0.25, 0.3) is 0 Å². The van der Waals surface area contributed by atoms with Crippen molar-refractivity contribution in [3.8, 4) is 11.5 Å². The Morgan fingerprint density at radius 3 is 2.47 bits per heavy atom. The summed E-state index contributed by atoms with van der Waals surface area (Å²) in [6.07, 6.45) is 0.243. The molecule has 0 spiro atoms. The lowest BCUT2D eigenvalue weighted by Crippen LogP contribution is -2.50. The van der Waals surface area contributed by atoms with Gasteiger partial charge in [0.1, 0.15) is 36.8 Å². The molecule has 0 fully saturated rings. The van der Waals surface area contributed by atoms with Gasteiger partial charge in [-0.05, 0) is 43.2 Å². The number of fused-ring (bicyclic) bond motifs is 1. The predicted molar refractivity (Wildman–Crippen MR) is 162 cm³/mol.